The van der Waals surface area contributed by atoms with Crippen molar-refractivity contribution in [2.45, 2.75) is 32.2 Å². The third kappa shape index (κ3) is 5.25. The highest BCUT2D eigenvalue weighted by molar-refractivity contribution is 7.89. The van der Waals surface area contributed by atoms with Crippen LogP contribution < -0.4 is 0 Å². The van der Waals surface area contributed by atoms with Gasteiger partial charge in [0.15, 0.2) is 0 Å². The summed E-state index contributed by atoms with van der Waals surface area (Å²) in [5.74, 6) is -2.00. The van der Waals surface area contributed by atoms with Crippen LogP contribution in [0, 0.1) is 5.82 Å². The minimum Gasteiger partial charge on any atom is -0.480 e. The van der Waals surface area contributed by atoms with E-state index in [-0.39, 0.29) is 31.3 Å². The van der Waals surface area contributed by atoms with Crippen LogP contribution in [0.1, 0.15) is 25.3 Å². The van der Waals surface area contributed by atoms with Crippen LogP contribution in [0.15, 0.2) is 24.3 Å². The number of carbonyl (C=O) groups is 2. The van der Waals surface area contributed by atoms with Crippen LogP contribution in [-0.4, -0.2) is 66.0 Å². The van der Waals surface area contributed by atoms with Crippen molar-refractivity contribution < 1.29 is 27.5 Å². The molecule has 0 aromatic heterocycles. The highest BCUT2D eigenvalue weighted by atomic mass is 32.2. The van der Waals surface area contributed by atoms with Crippen molar-refractivity contribution in [3.63, 3.8) is 0 Å². The number of hydrogen-bond acceptors (Lipinski definition) is 4. The highest BCUT2D eigenvalue weighted by Gasteiger charge is 2.32. The van der Waals surface area contributed by atoms with Gasteiger partial charge in [0.25, 0.3) is 0 Å². The number of amides is 1. The van der Waals surface area contributed by atoms with E-state index in [1.807, 2.05) is 0 Å². The van der Waals surface area contributed by atoms with E-state index in [1.54, 1.807) is 13.0 Å². The van der Waals surface area contributed by atoms with Crippen LogP contribution >= 0.6 is 0 Å². The first-order valence-corrected chi connectivity index (χ1v) is 10.1. The molecule has 0 unspecified atom stereocenters. The lowest BCUT2D eigenvalue weighted by Crippen LogP contribution is -2.50. The van der Waals surface area contributed by atoms with Crippen molar-refractivity contribution in [1.29, 1.82) is 0 Å². The molecule has 26 heavy (non-hydrogen) atoms. The van der Waals surface area contributed by atoms with E-state index >= 15 is 0 Å². The molecule has 1 aliphatic rings. The van der Waals surface area contributed by atoms with E-state index in [4.69, 9.17) is 5.11 Å². The molecule has 1 aromatic carbocycles. The number of carbonyl (C=O) groups excluding carboxylic acids is 1. The molecule has 0 radical (unpaired) electrons. The zero-order valence-electron chi connectivity index (χ0n) is 14.6. The van der Waals surface area contributed by atoms with Crippen molar-refractivity contribution in [2.24, 2.45) is 0 Å². The Labute approximate surface area is 152 Å². The lowest BCUT2D eigenvalue weighted by atomic mass is 10.0. The maximum Gasteiger partial charge on any atom is 0.323 e. The van der Waals surface area contributed by atoms with Gasteiger partial charge in [-0.2, -0.15) is 0 Å². The van der Waals surface area contributed by atoms with Gasteiger partial charge in [-0.05, 0) is 37.5 Å². The summed E-state index contributed by atoms with van der Waals surface area (Å²) in [6.07, 6.45) is 0.654. The number of piperidine rings is 1. The van der Waals surface area contributed by atoms with Gasteiger partial charge in [0.1, 0.15) is 12.4 Å². The highest BCUT2D eigenvalue weighted by Crippen LogP contribution is 2.20. The summed E-state index contributed by atoms with van der Waals surface area (Å²) in [5, 5.41) is 9.13. The van der Waals surface area contributed by atoms with Gasteiger partial charge < -0.3 is 10.0 Å². The molecule has 1 fully saturated rings. The standard InChI is InChI=1S/C17H23FN2O5S/c1-2-26(24,25)19-8-6-15(7-9-19)20(12-17(22)23)16(21)11-13-4-3-5-14(18)10-13/h3-5,10,15H,2,6-9,11-12H2,1H3,(H,22,23). The van der Waals surface area contributed by atoms with E-state index in [9.17, 15) is 22.4 Å². The molecule has 1 heterocycles. The van der Waals surface area contributed by atoms with Gasteiger partial charge in [-0.25, -0.2) is 17.1 Å². The molecule has 1 aromatic rings. The predicted molar refractivity (Wildman–Crippen MR) is 93.5 cm³/mol. The van der Waals surface area contributed by atoms with Crippen LogP contribution in [0.2, 0.25) is 0 Å². The van der Waals surface area contributed by atoms with Gasteiger partial charge in [-0.1, -0.05) is 12.1 Å². The SMILES string of the molecule is CCS(=O)(=O)N1CCC(N(CC(=O)O)C(=O)Cc2cccc(F)c2)CC1. The number of nitrogens with zero attached hydrogens (tertiary/aromatic N) is 2. The van der Waals surface area contributed by atoms with Crippen LogP contribution in [0.5, 0.6) is 0 Å². The van der Waals surface area contributed by atoms with Crippen LogP contribution in [-0.2, 0) is 26.0 Å². The molecule has 2 rings (SSSR count). The minimum absolute atomic E-state index is 0.00894. The second-order valence-corrected chi connectivity index (χ2v) is 8.51. The molecule has 1 aliphatic heterocycles. The Kier molecular flexibility index (Phi) is 6.71. The Bertz CT molecular complexity index is 760. The minimum atomic E-state index is -3.30. The third-order valence-electron chi connectivity index (χ3n) is 4.49. The average Bonchev–Trinajstić information content (AvgIpc) is 2.59. The smallest absolute Gasteiger partial charge is 0.323 e. The van der Waals surface area contributed by atoms with Gasteiger partial charge in [-0.15, -0.1) is 0 Å². The summed E-state index contributed by atoms with van der Waals surface area (Å²) >= 11 is 0. The summed E-state index contributed by atoms with van der Waals surface area (Å²) in [6, 6.07) is 5.26. The first-order chi connectivity index (χ1) is 12.2. The van der Waals surface area contributed by atoms with E-state index < -0.39 is 34.3 Å². The summed E-state index contributed by atoms with van der Waals surface area (Å²) in [7, 11) is -3.30. The number of carboxylic acids is 1. The number of benzene rings is 1. The molecule has 9 heteroatoms. The van der Waals surface area contributed by atoms with Crippen molar-refractivity contribution >= 4 is 21.9 Å². The first-order valence-electron chi connectivity index (χ1n) is 8.46. The Morgan fingerprint density at radius 1 is 1.31 bits per heavy atom. The number of halogens is 1. The van der Waals surface area contributed by atoms with Gasteiger partial charge >= 0.3 is 5.97 Å². The summed E-state index contributed by atoms with van der Waals surface area (Å²) in [6.45, 7) is 1.62. The summed E-state index contributed by atoms with van der Waals surface area (Å²) in [4.78, 5) is 25.0. The maximum absolute atomic E-state index is 13.3. The Morgan fingerprint density at radius 3 is 2.50 bits per heavy atom. The van der Waals surface area contributed by atoms with E-state index in [0.717, 1.165) is 0 Å². The molecular formula is C17H23FN2O5S. The Balaban J connectivity index is 2.08. The fourth-order valence-electron chi connectivity index (χ4n) is 3.10. The summed E-state index contributed by atoms with van der Waals surface area (Å²) < 4.78 is 38.5. The fourth-order valence-corrected chi connectivity index (χ4v) is 4.24. The van der Waals surface area contributed by atoms with Crippen molar-refractivity contribution in [2.75, 3.05) is 25.4 Å². The lowest BCUT2D eigenvalue weighted by molar-refractivity contribution is -0.146. The van der Waals surface area contributed by atoms with E-state index in [1.165, 1.54) is 27.4 Å². The largest absolute Gasteiger partial charge is 0.480 e. The molecule has 0 bridgehead atoms. The Hall–Kier alpha value is -2.00. The number of hydrogen-bond donors (Lipinski definition) is 1. The molecule has 144 valence electrons. The second-order valence-electron chi connectivity index (χ2n) is 6.25. The number of aliphatic carboxylic acids is 1. The average molecular weight is 386 g/mol. The zero-order chi connectivity index (χ0) is 19.3. The van der Waals surface area contributed by atoms with Gasteiger partial charge in [0.05, 0.1) is 12.2 Å². The van der Waals surface area contributed by atoms with Gasteiger partial charge in [-0.3, -0.25) is 9.59 Å². The van der Waals surface area contributed by atoms with E-state index in [0.29, 0.717) is 18.4 Å². The van der Waals surface area contributed by atoms with Crippen molar-refractivity contribution in [3.05, 3.63) is 35.6 Å². The normalized spacial score (nSPS) is 16.4. The van der Waals surface area contributed by atoms with Gasteiger partial charge in [0, 0.05) is 19.1 Å². The lowest BCUT2D eigenvalue weighted by Gasteiger charge is -2.37. The molecule has 0 saturated carbocycles. The van der Waals surface area contributed by atoms with Crippen molar-refractivity contribution in [1.82, 2.24) is 9.21 Å². The van der Waals surface area contributed by atoms with Gasteiger partial charge in [0.2, 0.25) is 15.9 Å². The third-order valence-corrected chi connectivity index (χ3v) is 6.37. The molecular weight excluding hydrogens is 363 g/mol. The van der Waals surface area contributed by atoms with Crippen LogP contribution in [0.4, 0.5) is 4.39 Å². The fraction of sp³-hybridized carbons (Fsp3) is 0.529. The maximum atomic E-state index is 13.3. The first kappa shape index (κ1) is 20.3. The molecule has 1 amide bonds. The topological polar surface area (TPSA) is 95.0 Å². The molecule has 1 N–H and O–H groups in total. The quantitative estimate of drug-likeness (QED) is 0.757. The molecule has 1 saturated heterocycles. The zero-order valence-corrected chi connectivity index (χ0v) is 15.4. The molecule has 7 nitrogen and oxygen atoms in total. The van der Waals surface area contributed by atoms with Crippen molar-refractivity contribution in [3.8, 4) is 0 Å². The molecule has 0 atom stereocenters. The predicted octanol–water partition coefficient (Wildman–Crippen LogP) is 1.10. The number of sulfonamides is 1. The monoisotopic (exact) mass is 386 g/mol. The summed E-state index contributed by atoms with van der Waals surface area (Å²) in [5.41, 5.74) is 0.469. The molecule has 0 spiro atoms. The molecule has 0 aliphatic carbocycles. The number of carboxylic acid groups (broad SMARTS) is 1. The van der Waals surface area contributed by atoms with Crippen LogP contribution in [0.25, 0.3) is 0 Å². The second kappa shape index (κ2) is 8.59. The Morgan fingerprint density at radius 2 is 1.96 bits per heavy atom. The van der Waals surface area contributed by atoms with Crippen LogP contribution in [0.3, 0.4) is 0 Å². The van der Waals surface area contributed by atoms with E-state index in [2.05, 4.69) is 0 Å². The number of rotatable bonds is 7.